The quantitative estimate of drug-likeness (QED) is 0.796. The lowest BCUT2D eigenvalue weighted by Crippen LogP contribution is -2.37. The molecule has 5 nitrogen and oxygen atoms in total. The van der Waals surface area contributed by atoms with E-state index in [0.29, 0.717) is 5.56 Å². The van der Waals surface area contributed by atoms with Gasteiger partial charge in [-0.3, -0.25) is 9.89 Å². The van der Waals surface area contributed by atoms with Gasteiger partial charge in [-0.15, -0.1) is 0 Å². The first kappa shape index (κ1) is 14.2. The summed E-state index contributed by atoms with van der Waals surface area (Å²) < 4.78 is 12.8. The van der Waals surface area contributed by atoms with Gasteiger partial charge in [-0.1, -0.05) is 12.1 Å². The first-order valence-corrected chi connectivity index (χ1v) is 6.24. The predicted molar refractivity (Wildman–Crippen MR) is 71.6 cm³/mol. The van der Waals surface area contributed by atoms with Crippen LogP contribution in [0.4, 0.5) is 4.39 Å². The Bertz CT molecular complexity index is 595. The van der Waals surface area contributed by atoms with Gasteiger partial charge in [0.05, 0.1) is 12.1 Å². The third-order valence-corrected chi connectivity index (χ3v) is 2.98. The SMILES string of the molecule is Cc1cc(C(=O)NC(C)C(O)c2ccc(F)cc2)n[nH]1. The van der Waals surface area contributed by atoms with Crippen molar-refractivity contribution in [2.45, 2.75) is 26.0 Å². The number of aromatic amines is 1. The smallest absolute Gasteiger partial charge is 0.272 e. The van der Waals surface area contributed by atoms with Gasteiger partial charge in [-0.25, -0.2) is 4.39 Å². The molecule has 2 aromatic rings. The molecular formula is C14H16FN3O2. The zero-order valence-corrected chi connectivity index (χ0v) is 11.2. The van der Waals surface area contributed by atoms with Crippen LogP contribution < -0.4 is 5.32 Å². The van der Waals surface area contributed by atoms with Gasteiger partial charge < -0.3 is 10.4 Å². The predicted octanol–water partition coefficient (Wildman–Crippen LogP) is 1.71. The molecule has 1 amide bonds. The standard InChI is InChI=1S/C14H16FN3O2/c1-8-7-12(18-17-8)14(20)16-9(2)13(19)10-3-5-11(15)6-4-10/h3-7,9,13,19H,1-2H3,(H,16,20)(H,17,18). The Hall–Kier alpha value is -2.21. The van der Waals surface area contributed by atoms with E-state index < -0.39 is 12.1 Å². The lowest BCUT2D eigenvalue weighted by molar-refractivity contribution is 0.0847. The number of carbonyl (C=O) groups is 1. The largest absolute Gasteiger partial charge is 0.386 e. The minimum atomic E-state index is -0.917. The highest BCUT2D eigenvalue weighted by Gasteiger charge is 2.20. The Morgan fingerprint density at radius 1 is 1.40 bits per heavy atom. The van der Waals surface area contributed by atoms with Crippen LogP contribution >= 0.6 is 0 Å². The van der Waals surface area contributed by atoms with Gasteiger partial charge in [0.2, 0.25) is 0 Å². The second kappa shape index (κ2) is 5.83. The Kier molecular flexibility index (Phi) is 4.14. The molecular weight excluding hydrogens is 261 g/mol. The summed E-state index contributed by atoms with van der Waals surface area (Å²) in [5.41, 5.74) is 1.58. The van der Waals surface area contributed by atoms with E-state index in [1.54, 1.807) is 19.9 Å². The number of carbonyl (C=O) groups excluding carboxylic acids is 1. The van der Waals surface area contributed by atoms with E-state index >= 15 is 0 Å². The minimum Gasteiger partial charge on any atom is -0.386 e. The van der Waals surface area contributed by atoms with Crippen molar-refractivity contribution in [2.75, 3.05) is 0 Å². The van der Waals surface area contributed by atoms with E-state index in [1.165, 1.54) is 24.3 Å². The van der Waals surface area contributed by atoms with Crippen molar-refractivity contribution in [1.82, 2.24) is 15.5 Å². The van der Waals surface area contributed by atoms with E-state index in [0.717, 1.165) is 5.69 Å². The molecule has 2 atom stereocenters. The van der Waals surface area contributed by atoms with Gasteiger partial charge in [-0.05, 0) is 37.6 Å². The Labute approximate surface area is 115 Å². The molecule has 1 aromatic heterocycles. The van der Waals surface area contributed by atoms with E-state index in [4.69, 9.17) is 0 Å². The molecule has 2 rings (SSSR count). The maximum Gasteiger partial charge on any atom is 0.272 e. The molecule has 6 heteroatoms. The Morgan fingerprint density at radius 3 is 2.60 bits per heavy atom. The summed E-state index contributed by atoms with van der Waals surface area (Å²) in [5.74, 6) is -0.743. The normalized spacial score (nSPS) is 13.8. The van der Waals surface area contributed by atoms with Crippen LogP contribution in [0.1, 0.15) is 34.8 Å². The lowest BCUT2D eigenvalue weighted by atomic mass is 10.0. The number of H-pyrrole nitrogens is 1. The highest BCUT2D eigenvalue weighted by atomic mass is 19.1. The van der Waals surface area contributed by atoms with Crippen LogP contribution in [-0.2, 0) is 0 Å². The molecule has 0 aliphatic rings. The molecule has 1 aromatic carbocycles. The van der Waals surface area contributed by atoms with Gasteiger partial charge in [0, 0.05) is 5.69 Å². The van der Waals surface area contributed by atoms with Crippen molar-refractivity contribution < 1.29 is 14.3 Å². The van der Waals surface area contributed by atoms with E-state index in [9.17, 15) is 14.3 Å². The number of rotatable bonds is 4. The summed E-state index contributed by atoms with van der Waals surface area (Å²) in [6.45, 7) is 3.46. The summed E-state index contributed by atoms with van der Waals surface area (Å²) in [6, 6.07) is 6.61. The number of aliphatic hydroxyl groups is 1. The molecule has 1 heterocycles. The highest BCUT2D eigenvalue weighted by molar-refractivity contribution is 5.92. The molecule has 106 valence electrons. The van der Waals surface area contributed by atoms with Gasteiger partial charge in [0.15, 0.2) is 0 Å². The molecule has 2 unspecified atom stereocenters. The number of aliphatic hydroxyl groups excluding tert-OH is 1. The Morgan fingerprint density at radius 2 is 2.05 bits per heavy atom. The maximum atomic E-state index is 12.8. The third-order valence-electron chi connectivity index (χ3n) is 2.98. The van der Waals surface area contributed by atoms with Crippen LogP contribution in [0.5, 0.6) is 0 Å². The minimum absolute atomic E-state index is 0.264. The fraction of sp³-hybridized carbons (Fsp3) is 0.286. The highest BCUT2D eigenvalue weighted by Crippen LogP contribution is 2.17. The van der Waals surface area contributed by atoms with Gasteiger partial charge in [-0.2, -0.15) is 5.10 Å². The molecule has 0 saturated carbocycles. The van der Waals surface area contributed by atoms with E-state index in [2.05, 4.69) is 15.5 Å². The zero-order chi connectivity index (χ0) is 14.7. The van der Waals surface area contributed by atoms with Crippen LogP contribution in [0, 0.1) is 12.7 Å². The average molecular weight is 277 g/mol. The van der Waals surface area contributed by atoms with Gasteiger partial charge >= 0.3 is 0 Å². The number of aryl methyl sites for hydroxylation is 1. The van der Waals surface area contributed by atoms with Crippen LogP contribution in [0.2, 0.25) is 0 Å². The molecule has 3 N–H and O–H groups in total. The average Bonchev–Trinajstić information content (AvgIpc) is 2.85. The summed E-state index contributed by atoms with van der Waals surface area (Å²) >= 11 is 0. The zero-order valence-electron chi connectivity index (χ0n) is 11.2. The first-order chi connectivity index (χ1) is 9.47. The fourth-order valence-corrected chi connectivity index (χ4v) is 1.84. The number of nitrogens with zero attached hydrogens (tertiary/aromatic N) is 1. The second-order valence-electron chi connectivity index (χ2n) is 4.69. The molecule has 0 saturated heterocycles. The van der Waals surface area contributed by atoms with E-state index in [1.807, 2.05) is 0 Å². The number of amides is 1. The lowest BCUT2D eigenvalue weighted by Gasteiger charge is -2.20. The number of aromatic nitrogens is 2. The molecule has 0 aliphatic carbocycles. The number of hydrogen-bond donors (Lipinski definition) is 3. The van der Waals surface area contributed by atoms with Crippen LogP contribution in [0.25, 0.3) is 0 Å². The van der Waals surface area contributed by atoms with Crippen molar-refractivity contribution in [3.05, 3.63) is 53.1 Å². The molecule has 0 spiro atoms. The molecule has 0 radical (unpaired) electrons. The fourth-order valence-electron chi connectivity index (χ4n) is 1.84. The summed E-state index contributed by atoms with van der Waals surface area (Å²) in [4.78, 5) is 11.9. The number of hydrogen-bond acceptors (Lipinski definition) is 3. The maximum absolute atomic E-state index is 12.8. The monoisotopic (exact) mass is 277 g/mol. The molecule has 0 aliphatic heterocycles. The second-order valence-corrected chi connectivity index (χ2v) is 4.69. The van der Waals surface area contributed by atoms with E-state index in [-0.39, 0.29) is 17.4 Å². The van der Waals surface area contributed by atoms with Crippen LogP contribution in [0.15, 0.2) is 30.3 Å². The molecule has 0 bridgehead atoms. The van der Waals surface area contributed by atoms with Crippen LogP contribution in [-0.4, -0.2) is 27.3 Å². The third kappa shape index (κ3) is 3.21. The number of benzene rings is 1. The van der Waals surface area contributed by atoms with Gasteiger partial charge in [0.1, 0.15) is 11.5 Å². The van der Waals surface area contributed by atoms with Gasteiger partial charge in [0.25, 0.3) is 5.91 Å². The number of halogens is 1. The van der Waals surface area contributed by atoms with Crippen molar-refractivity contribution in [2.24, 2.45) is 0 Å². The number of nitrogens with one attached hydrogen (secondary N) is 2. The van der Waals surface area contributed by atoms with Crippen molar-refractivity contribution >= 4 is 5.91 Å². The first-order valence-electron chi connectivity index (χ1n) is 6.24. The summed E-state index contributed by atoms with van der Waals surface area (Å²) in [7, 11) is 0. The van der Waals surface area contributed by atoms with Crippen molar-refractivity contribution in [1.29, 1.82) is 0 Å². The topological polar surface area (TPSA) is 78.0 Å². The molecule has 20 heavy (non-hydrogen) atoms. The van der Waals surface area contributed by atoms with Crippen molar-refractivity contribution in [3.8, 4) is 0 Å². The van der Waals surface area contributed by atoms with Crippen LogP contribution in [0.3, 0.4) is 0 Å². The molecule has 0 fully saturated rings. The van der Waals surface area contributed by atoms with Crippen molar-refractivity contribution in [3.63, 3.8) is 0 Å². The Balaban J connectivity index is 2.02. The summed E-state index contributed by atoms with van der Waals surface area (Å²) in [6.07, 6.45) is -0.917. The summed E-state index contributed by atoms with van der Waals surface area (Å²) in [5, 5.41) is 19.3.